The summed E-state index contributed by atoms with van der Waals surface area (Å²) in [5.41, 5.74) is 13.7. The molecule has 0 saturated carbocycles. The van der Waals surface area contributed by atoms with Crippen molar-refractivity contribution in [2.75, 3.05) is 0 Å². The second-order valence-electron chi connectivity index (χ2n) is 14.7. The lowest BCUT2D eigenvalue weighted by Gasteiger charge is -2.13. The average molecular weight is 763 g/mol. The summed E-state index contributed by atoms with van der Waals surface area (Å²) in [4.78, 5) is 16.2. The van der Waals surface area contributed by atoms with Crippen LogP contribution < -0.4 is 0 Å². The van der Waals surface area contributed by atoms with Crippen molar-refractivity contribution in [3.8, 4) is 44.7 Å². The van der Waals surface area contributed by atoms with Gasteiger partial charge in [0.2, 0.25) is 0 Å². The summed E-state index contributed by atoms with van der Waals surface area (Å²) in [7, 11) is 0. The van der Waals surface area contributed by atoms with Gasteiger partial charge in [-0.05, 0) is 104 Å². The number of hydrogen-bond donors (Lipinski definition) is 0. The van der Waals surface area contributed by atoms with E-state index < -0.39 is 0 Å². The van der Waals surface area contributed by atoms with Gasteiger partial charge in [-0.15, -0.1) is 11.3 Å². The Morgan fingerprint density at radius 3 is 1.72 bits per heavy atom. The lowest BCUT2D eigenvalue weighted by molar-refractivity contribution is 1.02. The number of aromatic nitrogens is 6. The lowest BCUT2D eigenvalue weighted by atomic mass is 10.1. The third kappa shape index (κ3) is 5.07. The molecule has 11 aromatic rings. The summed E-state index contributed by atoms with van der Waals surface area (Å²) in [6.07, 6.45) is 9.01. The zero-order valence-electron chi connectivity index (χ0n) is 31.3. The van der Waals surface area contributed by atoms with E-state index in [0.717, 1.165) is 89.8 Å². The molecule has 1 aliphatic carbocycles. The van der Waals surface area contributed by atoms with Crippen LogP contribution in [0.1, 0.15) is 12.8 Å². The normalized spacial score (nSPS) is 13.1. The van der Waals surface area contributed by atoms with E-state index >= 15 is 0 Å². The molecule has 0 unspecified atom stereocenters. The highest BCUT2D eigenvalue weighted by Crippen LogP contribution is 2.44. The Balaban J connectivity index is 1.14. The number of fused-ring (bicyclic) bond motifs is 6. The number of hydrogen-bond acceptors (Lipinski definition) is 4. The molecule has 6 nitrogen and oxygen atoms in total. The molecule has 0 fully saturated rings. The Kier molecular flexibility index (Phi) is 7.43. The van der Waals surface area contributed by atoms with Crippen molar-refractivity contribution >= 4 is 71.1 Å². The predicted molar refractivity (Wildman–Crippen MR) is 241 cm³/mol. The van der Waals surface area contributed by atoms with Crippen LogP contribution in [0.25, 0.3) is 105 Å². The van der Waals surface area contributed by atoms with Gasteiger partial charge in [-0.3, -0.25) is 9.13 Å². The van der Waals surface area contributed by atoms with E-state index in [4.69, 9.17) is 15.0 Å². The van der Waals surface area contributed by atoms with Crippen molar-refractivity contribution in [3.05, 3.63) is 182 Å². The zero-order chi connectivity index (χ0) is 38.2. The van der Waals surface area contributed by atoms with Crippen molar-refractivity contribution < 1.29 is 0 Å². The first-order valence-corrected chi connectivity index (χ1v) is 20.5. The highest BCUT2D eigenvalue weighted by atomic mass is 32.1. The van der Waals surface area contributed by atoms with Crippen molar-refractivity contribution in [3.63, 3.8) is 0 Å². The fraction of sp³-hybridized carbons (Fsp3) is 0.0392. The topological polar surface area (TPSA) is 53.5 Å². The van der Waals surface area contributed by atoms with E-state index in [9.17, 15) is 0 Å². The number of nitrogens with zero attached hydrogens (tertiary/aromatic N) is 6. The molecular weight excluding hydrogens is 729 g/mol. The van der Waals surface area contributed by atoms with Gasteiger partial charge >= 0.3 is 0 Å². The molecule has 7 heteroatoms. The maximum atomic E-state index is 5.59. The fourth-order valence-electron chi connectivity index (χ4n) is 8.73. The third-order valence-electron chi connectivity index (χ3n) is 11.3. The van der Waals surface area contributed by atoms with Gasteiger partial charge in [0.05, 0.1) is 43.3 Å². The van der Waals surface area contributed by atoms with Gasteiger partial charge < -0.3 is 4.57 Å². The quantitative estimate of drug-likeness (QED) is 0.169. The van der Waals surface area contributed by atoms with Crippen LogP contribution in [-0.4, -0.2) is 28.7 Å². The molecule has 0 spiro atoms. The molecular formula is C51H34N6S. The molecule has 274 valence electrons. The van der Waals surface area contributed by atoms with Crippen LogP contribution in [0.4, 0.5) is 0 Å². The standard InChI is InChI=1S/C51H34N6S/c1-4-16-34(17-5-1)55-43-25-13-10-22-37(43)40-32-33(28-31-44(40)55)51-54-47-38(49-52-41-23-11-14-26-45(41)56(49)35-18-6-2-7-19-35)29-30-39(48(47)58-51)50-53-42-24-12-15-27-46(42)57(50)36-20-8-3-9-21-36/h2-4,6-32H,1,5H2. The highest BCUT2D eigenvalue weighted by molar-refractivity contribution is 7.22. The van der Waals surface area contributed by atoms with Crippen LogP contribution in [0.15, 0.2) is 182 Å². The zero-order valence-corrected chi connectivity index (χ0v) is 32.1. The van der Waals surface area contributed by atoms with Gasteiger partial charge in [-0.25, -0.2) is 15.0 Å². The number of benzene rings is 7. The van der Waals surface area contributed by atoms with E-state index in [0.29, 0.717) is 0 Å². The van der Waals surface area contributed by atoms with Crippen molar-refractivity contribution in [2.24, 2.45) is 0 Å². The number of imidazole rings is 2. The van der Waals surface area contributed by atoms with Gasteiger partial charge in [0.1, 0.15) is 16.7 Å². The maximum Gasteiger partial charge on any atom is 0.147 e. The number of para-hydroxylation sites is 7. The molecule has 1 aliphatic rings. The average Bonchev–Trinajstić information content (AvgIpc) is 4.08. The summed E-state index contributed by atoms with van der Waals surface area (Å²) in [5, 5.41) is 3.39. The number of rotatable bonds is 6. The first-order chi connectivity index (χ1) is 28.8. The second kappa shape index (κ2) is 13.1. The lowest BCUT2D eigenvalue weighted by Crippen LogP contribution is -1.99. The Labute approximate surface area is 337 Å². The minimum Gasteiger partial charge on any atom is -0.310 e. The minimum atomic E-state index is 0.852. The summed E-state index contributed by atoms with van der Waals surface area (Å²) in [5.74, 6) is 1.73. The smallest absolute Gasteiger partial charge is 0.147 e. The molecule has 4 heterocycles. The molecule has 4 aromatic heterocycles. The molecule has 0 saturated heterocycles. The Morgan fingerprint density at radius 1 is 0.466 bits per heavy atom. The van der Waals surface area contributed by atoms with E-state index in [1.54, 1.807) is 11.3 Å². The summed E-state index contributed by atoms with van der Waals surface area (Å²) in [6.45, 7) is 0. The van der Waals surface area contributed by atoms with E-state index in [1.807, 2.05) is 0 Å². The maximum absolute atomic E-state index is 5.59. The largest absolute Gasteiger partial charge is 0.310 e. The van der Waals surface area contributed by atoms with Crippen LogP contribution in [0, 0.1) is 0 Å². The Morgan fingerprint density at radius 2 is 1.05 bits per heavy atom. The van der Waals surface area contributed by atoms with Crippen molar-refractivity contribution in [1.29, 1.82) is 0 Å². The number of allylic oxidation sites excluding steroid dienone is 4. The van der Waals surface area contributed by atoms with Gasteiger partial charge in [-0.1, -0.05) is 91.0 Å². The molecule has 0 atom stereocenters. The van der Waals surface area contributed by atoms with Crippen LogP contribution in [0.3, 0.4) is 0 Å². The van der Waals surface area contributed by atoms with Crippen LogP contribution in [0.5, 0.6) is 0 Å². The minimum absolute atomic E-state index is 0.852. The van der Waals surface area contributed by atoms with E-state index in [-0.39, 0.29) is 0 Å². The fourth-order valence-corrected chi connectivity index (χ4v) is 9.82. The van der Waals surface area contributed by atoms with Gasteiger partial charge in [0.25, 0.3) is 0 Å². The first kappa shape index (κ1) is 32.9. The Hall–Kier alpha value is -7.35. The van der Waals surface area contributed by atoms with Gasteiger partial charge in [-0.2, -0.15) is 0 Å². The Bertz CT molecular complexity index is 3300. The molecule has 7 aromatic carbocycles. The molecule has 0 aliphatic heterocycles. The highest BCUT2D eigenvalue weighted by Gasteiger charge is 2.25. The molecule has 12 rings (SSSR count). The summed E-state index contributed by atoms with van der Waals surface area (Å²) in [6, 6.07) is 57.7. The SMILES string of the molecule is C1=CC(n2c3ccccc3c3cc(-c4nc5c(-c6nc7ccccc7n6-c6ccccc6)ccc(-c6nc7ccccc7n6-c6ccccc6)c5s4)ccc32)=CCC1. The molecule has 58 heavy (non-hydrogen) atoms. The predicted octanol–water partition coefficient (Wildman–Crippen LogP) is 13.3. The summed E-state index contributed by atoms with van der Waals surface area (Å²) < 4.78 is 8.00. The van der Waals surface area contributed by atoms with Crippen LogP contribution in [-0.2, 0) is 0 Å². The monoisotopic (exact) mass is 762 g/mol. The molecule has 0 radical (unpaired) electrons. The third-order valence-corrected chi connectivity index (χ3v) is 12.5. The summed E-state index contributed by atoms with van der Waals surface area (Å²) >= 11 is 1.72. The molecule has 0 amide bonds. The first-order valence-electron chi connectivity index (χ1n) is 19.7. The van der Waals surface area contributed by atoms with Crippen LogP contribution in [0.2, 0.25) is 0 Å². The van der Waals surface area contributed by atoms with E-state index in [1.165, 1.54) is 27.5 Å². The van der Waals surface area contributed by atoms with Gasteiger partial charge in [0.15, 0.2) is 0 Å². The number of thiazole rings is 1. The van der Waals surface area contributed by atoms with Crippen LogP contribution >= 0.6 is 11.3 Å². The van der Waals surface area contributed by atoms with Crippen molar-refractivity contribution in [1.82, 2.24) is 28.7 Å². The molecule has 0 bridgehead atoms. The van der Waals surface area contributed by atoms with Gasteiger partial charge in [0, 0.05) is 44.5 Å². The van der Waals surface area contributed by atoms with E-state index in [2.05, 4.69) is 196 Å². The van der Waals surface area contributed by atoms with Crippen molar-refractivity contribution in [2.45, 2.75) is 12.8 Å². The molecule has 0 N–H and O–H groups in total. The second-order valence-corrected chi connectivity index (χ2v) is 15.7.